The summed E-state index contributed by atoms with van der Waals surface area (Å²) in [6.07, 6.45) is 2.95. The van der Waals surface area contributed by atoms with Crippen molar-refractivity contribution in [3.8, 4) is 0 Å². The smallest absolute Gasteiger partial charge is 0.238 e. The summed E-state index contributed by atoms with van der Waals surface area (Å²) in [5.74, 6) is 0.921. The molecule has 0 aliphatic heterocycles. The Morgan fingerprint density at radius 1 is 1.60 bits per heavy atom. The van der Waals surface area contributed by atoms with Crippen LogP contribution in [-0.4, -0.2) is 13.6 Å². The number of fused-ring (bicyclic) bond motifs is 1. The third kappa shape index (κ3) is 2.34. The van der Waals surface area contributed by atoms with Gasteiger partial charge < -0.3 is 4.52 Å². The van der Waals surface area contributed by atoms with Crippen molar-refractivity contribution in [2.24, 2.45) is 0 Å². The first-order chi connectivity index (χ1) is 6.97. The van der Waals surface area contributed by atoms with Crippen molar-refractivity contribution in [2.45, 2.75) is 37.9 Å². The third-order valence-corrected chi connectivity index (χ3v) is 3.67. The molecule has 84 valence electrons. The molecule has 0 saturated heterocycles. The predicted octanol–water partition coefficient (Wildman–Crippen LogP) is 2.18. The Labute approximate surface area is 93.0 Å². The molecule has 2 rings (SSSR count). The summed E-state index contributed by atoms with van der Waals surface area (Å²) in [7, 11) is 1.65. The monoisotopic (exact) mass is 249 g/mol. The highest BCUT2D eigenvalue weighted by Gasteiger charge is 2.26. The molecule has 1 atom stereocenters. The molecule has 0 fully saturated rings. The zero-order valence-corrected chi connectivity index (χ0v) is 9.94. The second-order valence-corrected chi connectivity index (χ2v) is 6.73. The number of aromatic nitrogens is 1. The molecule has 15 heavy (non-hydrogen) atoms. The lowest BCUT2D eigenvalue weighted by molar-refractivity contribution is 0.346. The fraction of sp³-hybridized carbons (Fsp3) is 0.667. The van der Waals surface area contributed by atoms with Gasteiger partial charge in [-0.15, -0.1) is 0 Å². The van der Waals surface area contributed by atoms with Crippen LogP contribution >= 0.6 is 10.7 Å². The van der Waals surface area contributed by atoms with Gasteiger partial charge in [-0.2, -0.15) is 0 Å². The first-order valence-corrected chi connectivity index (χ1v) is 7.35. The minimum absolute atomic E-state index is 0.236. The van der Waals surface area contributed by atoms with Gasteiger partial charge in [0.1, 0.15) is 17.2 Å². The number of hydrogen-bond donors (Lipinski definition) is 0. The molecular formula is C9H12ClNO3S. The molecule has 0 aromatic carbocycles. The Morgan fingerprint density at radius 2 is 2.33 bits per heavy atom. The van der Waals surface area contributed by atoms with E-state index in [-0.39, 0.29) is 5.75 Å². The average molecular weight is 250 g/mol. The van der Waals surface area contributed by atoms with E-state index in [1.54, 1.807) is 0 Å². The van der Waals surface area contributed by atoms with E-state index in [4.69, 9.17) is 15.2 Å². The number of hydrogen-bond acceptors (Lipinski definition) is 4. The number of nitrogens with zero attached hydrogens (tertiary/aromatic N) is 1. The third-order valence-electron chi connectivity index (χ3n) is 2.72. The van der Waals surface area contributed by atoms with Crippen LogP contribution in [0.2, 0.25) is 0 Å². The molecule has 6 heteroatoms. The van der Waals surface area contributed by atoms with E-state index in [0.29, 0.717) is 11.6 Å². The minimum atomic E-state index is -3.55. The minimum Gasteiger partial charge on any atom is -0.361 e. The number of halogens is 1. The summed E-state index contributed by atoms with van der Waals surface area (Å²) in [5, 5.41) is 3.79. The van der Waals surface area contributed by atoms with E-state index in [2.05, 4.69) is 12.1 Å². The zero-order chi connectivity index (χ0) is 11.1. The lowest BCUT2D eigenvalue weighted by Gasteiger charge is -2.15. The molecule has 0 N–H and O–H groups in total. The Balaban J connectivity index is 2.35. The average Bonchev–Trinajstić information content (AvgIpc) is 2.48. The van der Waals surface area contributed by atoms with Crippen molar-refractivity contribution < 1.29 is 12.9 Å². The molecule has 0 radical (unpaired) electrons. The highest BCUT2D eigenvalue weighted by atomic mass is 35.7. The van der Waals surface area contributed by atoms with Gasteiger partial charge in [0.2, 0.25) is 9.05 Å². The summed E-state index contributed by atoms with van der Waals surface area (Å²) >= 11 is 0. The van der Waals surface area contributed by atoms with Gasteiger partial charge >= 0.3 is 0 Å². The van der Waals surface area contributed by atoms with Crippen molar-refractivity contribution in [3.05, 3.63) is 17.0 Å². The van der Waals surface area contributed by atoms with Crippen LogP contribution in [0, 0.1) is 0 Å². The Hall–Kier alpha value is -0.550. The molecule has 4 nitrogen and oxygen atoms in total. The number of rotatable bonds is 2. The molecule has 1 aliphatic carbocycles. The molecule has 1 aromatic heterocycles. The fourth-order valence-corrected chi connectivity index (χ4v) is 2.87. The van der Waals surface area contributed by atoms with Crippen LogP contribution in [0.5, 0.6) is 0 Å². The SMILES string of the molecule is CC1CCCc2c(CS(=O)(=O)Cl)noc21. The van der Waals surface area contributed by atoms with Crippen LogP contribution in [0.4, 0.5) is 0 Å². The standard InChI is InChI=1S/C9H12ClNO3S/c1-6-3-2-4-7-8(5-15(10,12)13)11-14-9(6)7/h6H,2-5H2,1H3. The molecule has 1 aliphatic rings. The molecule has 0 spiro atoms. The second-order valence-electron chi connectivity index (χ2n) is 3.95. The second kappa shape index (κ2) is 3.79. The predicted molar refractivity (Wildman–Crippen MR) is 56.3 cm³/mol. The maximum absolute atomic E-state index is 10.9. The van der Waals surface area contributed by atoms with Crippen LogP contribution in [-0.2, 0) is 21.2 Å². The van der Waals surface area contributed by atoms with Crippen LogP contribution in [0.25, 0.3) is 0 Å². The fourth-order valence-electron chi connectivity index (χ4n) is 2.00. The van der Waals surface area contributed by atoms with Crippen LogP contribution in [0.15, 0.2) is 4.52 Å². The first kappa shape index (κ1) is 11.0. The molecule has 1 aromatic rings. The topological polar surface area (TPSA) is 60.2 Å². The van der Waals surface area contributed by atoms with Gasteiger partial charge in [0.15, 0.2) is 0 Å². The van der Waals surface area contributed by atoms with Gasteiger partial charge in [-0.3, -0.25) is 0 Å². The Kier molecular flexibility index (Phi) is 2.77. The van der Waals surface area contributed by atoms with Crippen molar-refractivity contribution in [1.29, 1.82) is 0 Å². The Bertz CT molecular complexity index is 466. The first-order valence-electron chi connectivity index (χ1n) is 4.87. The maximum atomic E-state index is 10.9. The van der Waals surface area contributed by atoms with Crippen LogP contribution in [0.3, 0.4) is 0 Å². The Morgan fingerprint density at radius 3 is 3.00 bits per heavy atom. The van der Waals surface area contributed by atoms with Crippen molar-refractivity contribution >= 4 is 19.7 Å². The van der Waals surface area contributed by atoms with Crippen molar-refractivity contribution in [3.63, 3.8) is 0 Å². The van der Waals surface area contributed by atoms with Gasteiger partial charge in [-0.05, 0) is 19.3 Å². The molecule has 0 bridgehead atoms. The van der Waals surface area contributed by atoms with Gasteiger partial charge in [0, 0.05) is 22.2 Å². The van der Waals surface area contributed by atoms with E-state index >= 15 is 0 Å². The van der Waals surface area contributed by atoms with Gasteiger partial charge in [0.25, 0.3) is 0 Å². The molecule has 1 unspecified atom stereocenters. The summed E-state index contributed by atoms with van der Waals surface area (Å²) in [6.45, 7) is 2.06. The summed E-state index contributed by atoms with van der Waals surface area (Å²) in [6, 6.07) is 0. The van der Waals surface area contributed by atoms with Crippen LogP contribution in [0.1, 0.15) is 42.7 Å². The maximum Gasteiger partial charge on any atom is 0.238 e. The molecule has 1 heterocycles. The van der Waals surface area contributed by atoms with Crippen molar-refractivity contribution in [2.75, 3.05) is 0 Å². The van der Waals surface area contributed by atoms with E-state index in [0.717, 1.165) is 30.6 Å². The van der Waals surface area contributed by atoms with E-state index in [9.17, 15) is 8.42 Å². The largest absolute Gasteiger partial charge is 0.361 e. The molecule has 0 amide bonds. The van der Waals surface area contributed by atoms with Gasteiger partial charge in [-0.25, -0.2) is 8.42 Å². The van der Waals surface area contributed by atoms with Crippen molar-refractivity contribution in [1.82, 2.24) is 5.16 Å². The normalized spacial score (nSPS) is 21.3. The van der Waals surface area contributed by atoms with Gasteiger partial charge in [-0.1, -0.05) is 12.1 Å². The molecular weight excluding hydrogens is 238 g/mol. The van der Waals surface area contributed by atoms with Gasteiger partial charge in [0.05, 0.1) is 0 Å². The van der Waals surface area contributed by atoms with E-state index < -0.39 is 9.05 Å². The molecule has 0 saturated carbocycles. The summed E-state index contributed by atoms with van der Waals surface area (Å²) in [4.78, 5) is 0. The highest BCUT2D eigenvalue weighted by molar-refractivity contribution is 8.13. The lowest BCUT2D eigenvalue weighted by Crippen LogP contribution is -2.07. The van der Waals surface area contributed by atoms with Crippen LogP contribution < -0.4 is 0 Å². The summed E-state index contributed by atoms with van der Waals surface area (Å²) in [5.41, 5.74) is 1.42. The quantitative estimate of drug-likeness (QED) is 0.754. The zero-order valence-electron chi connectivity index (χ0n) is 8.36. The summed E-state index contributed by atoms with van der Waals surface area (Å²) < 4.78 is 27.1. The highest BCUT2D eigenvalue weighted by Crippen LogP contribution is 2.33. The lowest BCUT2D eigenvalue weighted by atomic mass is 9.89. The van der Waals surface area contributed by atoms with E-state index in [1.165, 1.54) is 0 Å². The van der Waals surface area contributed by atoms with E-state index in [1.807, 2.05) is 0 Å².